The van der Waals surface area contributed by atoms with Crippen LogP contribution in [0.2, 0.25) is 0 Å². The zero-order valence-corrected chi connectivity index (χ0v) is 9.03. The Balaban J connectivity index is 2.66. The number of halogens is 2. The summed E-state index contributed by atoms with van der Waals surface area (Å²) in [5.74, 6) is -1.53. The van der Waals surface area contributed by atoms with Gasteiger partial charge < -0.3 is 9.51 Å². The van der Waals surface area contributed by atoms with Gasteiger partial charge >= 0.3 is 5.97 Å². The van der Waals surface area contributed by atoms with E-state index in [0.717, 1.165) is 0 Å². The third kappa shape index (κ3) is 1.72. The molecule has 0 aliphatic carbocycles. The molecule has 0 saturated carbocycles. The summed E-state index contributed by atoms with van der Waals surface area (Å²) in [6, 6.07) is 1.54. The Morgan fingerprint density at radius 1 is 1.67 bits per heavy atom. The monoisotopic (exact) mass is 272 g/mol. The van der Waals surface area contributed by atoms with Crippen LogP contribution >= 0.6 is 15.9 Å². The number of aromatic nitrogens is 2. The molecule has 0 spiro atoms. The normalized spacial score (nSPS) is 10.8. The molecule has 0 bridgehead atoms. The highest BCUT2D eigenvalue weighted by molar-refractivity contribution is 9.10. The Hall–Kier alpha value is -1.43. The van der Waals surface area contributed by atoms with E-state index in [0.29, 0.717) is 4.47 Å². The van der Waals surface area contributed by atoms with Crippen molar-refractivity contribution >= 4 is 27.4 Å². The van der Waals surface area contributed by atoms with Crippen LogP contribution < -0.4 is 0 Å². The molecule has 2 rings (SSSR count). The molecule has 4 nitrogen and oxygen atoms in total. The highest BCUT2D eigenvalue weighted by Gasteiger charge is 2.14. The van der Waals surface area contributed by atoms with Crippen LogP contribution in [0.3, 0.4) is 0 Å². The molecule has 0 saturated heterocycles. The standard InChI is InChI=1S/C9H6BrFN2O2/c10-5-1-2-13-4-12-6(3-7(14)15)9(13)8(5)11/h1-2,4H,3H2,(H,14,15). The van der Waals surface area contributed by atoms with Gasteiger partial charge in [-0.3, -0.25) is 4.79 Å². The summed E-state index contributed by atoms with van der Waals surface area (Å²) in [7, 11) is 0. The van der Waals surface area contributed by atoms with Crippen molar-refractivity contribution in [3.05, 3.63) is 34.6 Å². The van der Waals surface area contributed by atoms with Crippen LogP contribution in [0.1, 0.15) is 5.69 Å². The molecule has 2 aromatic rings. The van der Waals surface area contributed by atoms with Gasteiger partial charge in [-0.1, -0.05) is 0 Å². The van der Waals surface area contributed by atoms with Crippen molar-refractivity contribution in [1.82, 2.24) is 9.38 Å². The molecule has 78 valence electrons. The second-order valence-electron chi connectivity index (χ2n) is 3.00. The smallest absolute Gasteiger partial charge is 0.309 e. The summed E-state index contributed by atoms with van der Waals surface area (Å²) >= 11 is 3.04. The fourth-order valence-corrected chi connectivity index (χ4v) is 1.66. The van der Waals surface area contributed by atoms with Crippen LogP contribution in [0.15, 0.2) is 23.1 Å². The molecule has 0 fully saturated rings. The molecule has 6 heteroatoms. The van der Waals surface area contributed by atoms with Crippen molar-refractivity contribution in [3.8, 4) is 0 Å². The highest BCUT2D eigenvalue weighted by Crippen LogP contribution is 2.22. The summed E-state index contributed by atoms with van der Waals surface area (Å²) in [5.41, 5.74) is 0.424. The Bertz CT molecular complexity index is 538. The van der Waals surface area contributed by atoms with Crippen molar-refractivity contribution in [2.75, 3.05) is 0 Å². The maximum Gasteiger partial charge on any atom is 0.309 e. The fraction of sp³-hybridized carbons (Fsp3) is 0.111. The number of pyridine rings is 1. The number of fused-ring (bicyclic) bond motifs is 1. The average Bonchev–Trinajstić information content (AvgIpc) is 2.55. The predicted octanol–water partition coefficient (Wildman–Crippen LogP) is 1.86. The molecular weight excluding hydrogens is 267 g/mol. The molecule has 15 heavy (non-hydrogen) atoms. The van der Waals surface area contributed by atoms with E-state index in [2.05, 4.69) is 20.9 Å². The van der Waals surface area contributed by atoms with Gasteiger partial charge in [-0.25, -0.2) is 9.37 Å². The summed E-state index contributed by atoms with van der Waals surface area (Å²) in [4.78, 5) is 14.4. The SMILES string of the molecule is O=C(O)Cc1ncn2ccc(Br)c(F)c12. The second-order valence-corrected chi connectivity index (χ2v) is 3.85. The topological polar surface area (TPSA) is 54.6 Å². The lowest BCUT2D eigenvalue weighted by molar-refractivity contribution is -0.136. The minimum Gasteiger partial charge on any atom is -0.481 e. The van der Waals surface area contributed by atoms with E-state index in [-0.39, 0.29) is 17.6 Å². The van der Waals surface area contributed by atoms with E-state index < -0.39 is 11.8 Å². The number of aliphatic carboxylic acids is 1. The zero-order chi connectivity index (χ0) is 11.0. The molecule has 2 aromatic heterocycles. The van der Waals surface area contributed by atoms with E-state index in [1.807, 2.05) is 0 Å². The van der Waals surface area contributed by atoms with Crippen LogP contribution in [-0.2, 0) is 11.2 Å². The number of nitrogens with zero attached hydrogens (tertiary/aromatic N) is 2. The summed E-state index contributed by atoms with van der Waals surface area (Å²) in [6.07, 6.45) is 2.72. The third-order valence-electron chi connectivity index (χ3n) is 1.99. The zero-order valence-electron chi connectivity index (χ0n) is 7.44. The van der Waals surface area contributed by atoms with E-state index in [4.69, 9.17) is 5.11 Å². The first-order valence-electron chi connectivity index (χ1n) is 4.11. The number of carboxylic acids is 1. The Labute approximate surface area is 92.5 Å². The quantitative estimate of drug-likeness (QED) is 0.908. The fourth-order valence-electron chi connectivity index (χ4n) is 1.36. The lowest BCUT2D eigenvalue weighted by atomic mass is 10.2. The van der Waals surface area contributed by atoms with Gasteiger partial charge in [0.2, 0.25) is 0 Å². The maximum atomic E-state index is 13.6. The summed E-state index contributed by atoms with van der Waals surface area (Å²) in [5, 5.41) is 8.62. The minimum absolute atomic E-state index is 0.201. The Morgan fingerprint density at radius 2 is 2.40 bits per heavy atom. The molecule has 2 heterocycles. The van der Waals surface area contributed by atoms with Gasteiger partial charge in [0.25, 0.3) is 0 Å². The van der Waals surface area contributed by atoms with Crippen molar-refractivity contribution < 1.29 is 14.3 Å². The third-order valence-corrected chi connectivity index (χ3v) is 2.60. The first-order chi connectivity index (χ1) is 7.09. The van der Waals surface area contributed by atoms with E-state index in [1.165, 1.54) is 16.8 Å². The number of hydrogen-bond acceptors (Lipinski definition) is 2. The number of imidazole rings is 1. The molecule has 0 aliphatic heterocycles. The molecule has 0 aromatic carbocycles. The number of rotatable bonds is 2. The van der Waals surface area contributed by atoms with Crippen LogP contribution in [0, 0.1) is 5.82 Å². The van der Waals surface area contributed by atoms with Crippen LogP contribution in [-0.4, -0.2) is 20.5 Å². The number of carboxylic acid groups (broad SMARTS) is 1. The van der Waals surface area contributed by atoms with Crippen molar-refractivity contribution in [2.45, 2.75) is 6.42 Å². The van der Waals surface area contributed by atoms with Gasteiger partial charge in [0.15, 0.2) is 5.82 Å². The van der Waals surface area contributed by atoms with Gasteiger partial charge in [-0.05, 0) is 22.0 Å². The lowest BCUT2D eigenvalue weighted by Gasteiger charge is -1.99. The number of hydrogen-bond donors (Lipinski definition) is 1. The average molecular weight is 273 g/mol. The minimum atomic E-state index is -1.03. The highest BCUT2D eigenvalue weighted by atomic mass is 79.9. The van der Waals surface area contributed by atoms with Gasteiger partial charge in [-0.15, -0.1) is 0 Å². The van der Waals surface area contributed by atoms with Crippen LogP contribution in [0.4, 0.5) is 4.39 Å². The van der Waals surface area contributed by atoms with Gasteiger partial charge in [0, 0.05) is 6.20 Å². The second kappa shape index (κ2) is 3.62. The van der Waals surface area contributed by atoms with E-state index in [1.54, 1.807) is 6.20 Å². The van der Waals surface area contributed by atoms with E-state index >= 15 is 0 Å². The van der Waals surface area contributed by atoms with Crippen molar-refractivity contribution in [1.29, 1.82) is 0 Å². The first-order valence-corrected chi connectivity index (χ1v) is 4.90. The summed E-state index contributed by atoms with van der Waals surface area (Å²) < 4.78 is 15.4. The van der Waals surface area contributed by atoms with Gasteiger partial charge in [-0.2, -0.15) is 0 Å². The molecular formula is C9H6BrFN2O2. The molecule has 0 amide bonds. The lowest BCUT2D eigenvalue weighted by Crippen LogP contribution is -2.02. The first kappa shape index (κ1) is 10.1. The predicted molar refractivity (Wildman–Crippen MR) is 54.2 cm³/mol. The largest absolute Gasteiger partial charge is 0.481 e. The van der Waals surface area contributed by atoms with E-state index in [9.17, 15) is 9.18 Å². The number of carbonyl (C=O) groups is 1. The molecule has 1 N–H and O–H groups in total. The summed E-state index contributed by atoms with van der Waals surface area (Å²) in [6.45, 7) is 0. The molecule has 0 unspecified atom stereocenters. The Morgan fingerprint density at radius 3 is 3.07 bits per heavy atom. The van der Waals surface area contributed by atoms with Crippen LogP contribution in [0.25, 0.3) is 5.52 Å². The van der Waals surface area contributed by atoms with Gasteiger partial charge in [0.05, 0.1) is 22.9 Å². The molecule has 0 atom stereocenters. The molecule has 0 radical (unpaired) electrons. The van der Waals surface area contributed by atoms with Crippen molar-refractivity contribution in [2.24, 2.45) is 0 Å². The van der Waals surface area contributed by atoms with Gasteiger partial charge in [0.1, 0.15) is 5.52 Å². The Kier molecular flexibility index (Phi) is 2.44. The van der Waals surface area contributed by atoms with Crippen LogP contribution in [0.5, 0.6) is 0 Å². The molecule has 0 aliphatic rings. The maximum absolute atomic E-state index is 13.6. The van der Waals surface area contributed by atoms with Crippen molar-refractivity contribution in [3.63, 3.8) is 0 Å².